The molecule has 1 aromatic carbocycles. The zero-order valence-corrected chi connectivity index (χ0v) is 13.3. The van der Waals surface area contributed by atoms with E-state index in [4.69, 9.17) is 4.74 Å². The van der Waals surface area contributed by atoms with Gasteiger partial charge < -0.3 is 14.7 Å². The van der Waals surface area contributed by atoms with Gasteiger partial charge in [0.05, 0.1) is 13.0 Å². The summed E-state index contributed by atoms with van der Waals surface area (Å²) in [5.74, 6) is -0.515. The van der Waals surface area contributed by atoms with Gasteiger partial charge in [0.25, 0.3) is 0 Å². The van der Waals surface area contributed by atoms with E-state index in [1.165, 1.54) is 0 Å². The summed E-state index contributed by atoms with van der Waals surface area (Å²) in [5.41, 5.74) is 0.938. The van der Waals surface area contributed by atoms with E-state index in [9.17, 15) is 14.7 Å². The van der Waals surface area contributed by atoms with E-state index in [1.807, 2.05) is 38.1 Å². The second kappa shape index (κ2) is 6.81. The minimum absolute atomic E-state index is 0.0391. The Kier molecular flexibility index (Phi) is 5.06. The van der Waals surface area contributed by atoms with E-state index < -0.39 is 11.9 Å². The van der Waals surface area contributed by atoms with Crippen molar-refractivity contribution in [2.45, 2.75) is 26.2 Å². The Hall–Kier alpha value is -2.04. The fourth-order valence-corrected chi connectivity index (χ4v) is 2.92. The summed E-state index contributed by atoms with van der Waals surface area (Å²) in [5, 5.41) is 9.46. The van der Waals surface area contributed by atoms with Gasteiger partial charge in [-0.05, 0) is 23.6 Å². The Bertz CT molecular complexity index is 538. The second-order valence-corrected chi connectivity index (χ2v) is 6.22. The van der Waals surface area contributed by atoms with Gasteiger partial charge in [-0.1, -0.05) is 26.0 Å². The van der Waals surface area contributed by atoms with E-state index in [0.29, 0.717) is 13.0 Å². The van der Waals surface area contributed by atoms with Crippen molar-refractivity contribution >= 4 is 11.9 Å². The summed E-state index contributed by atoms with van der Waals surface area (Å²) in [6.45, 7) is 4.74. The molecule has 1 N–H and O–H groups in total. The molecule has 5 heteroatoms. The average molecular weight is 305 g/mol. The summed E-state index contributed by atoms with van der Waals surface area (Å²) < 4.78 is 5.13. The van der Waals surface area contributed by atoms with Crippen LogP contribution >= 0.6 is 0 Å². The van der Waals surface area contributed by atoms with Crippen molar-refractivity contribution in [3.63, 3.8) is 0 Å². The molecule has 22 heavy (non-hydrogen) atoms. The first kappa shape index (κ1) is 16.3. The third-order valence-corrected chi connectivity index (χ3v) is 4.12. The molecule has 2 rings (SSSR count). The van der Waals surface area contributed by atoms with Crippen LogP contribution in [0.2, 0.25) is 0 Å². The first-order valence-electron chi connectivity index (χ1n) is 7.57. The maximum atomic E-state index is 12.2. The predicted octanol–water partition coefficient (Wildman–Crippen LogP) is 2.37. The molecule has 1 amide bonds. The van der Waals surface area contributed by atoms with Gasteiger partial charge in [-0.2, -0.15) is 0 Å². The molecule has 120 valence electrons. The highest BCUT2D eigenvalue weighted by Gasteiger charge is 2.40. The third kappa shape index (κ3) is 3.59. The highest BCUT2D eigenvalue weighted by atomic mass is 16.5. The molecule has 5 nitrogen and oxygen atoms in total. The molecular weight excluding hydrogens is 282 g/mol. The van der Waals surface area contributed by atoms with Crippen molar-refractivity contribution in [3.05, 3.63) is 29.8 Å². The number of carboxylic acids is 1. The molecule has 0 aliphatic carbocycles. The van der Waals surface area contributed by atoms with Crippen LogP contribution in [-0.4, -0.2) is 42.1 Å². The van der Waals surface area contributed by atoms with Crippen molar-refractivity contribution < 1.29 is 19.4 Å². The summed E-state index contributed by atoms with van der Waals surface area (Å²) >= 11 is 0. The van der Waals surface area contributed by atoms with Crippen molar-refractivity contribution in [1.29, 1.82) is 0 Å². The second-order valence-electron chi connectivity index (χ2n) is 6.22. The molecule has 1 aromatic rings. The minimum atomic E-state index is -0.847. The molecule has 0 radical (unpaired) electrons. The maximum Gasteiger partial charge on any atom is 0.308 e. The molecule has 1 aliphatic rings. The van der Waals surface area contributed by atoms with Crippen LogP contribution in [0.15, 0.2) is 24.3 Å². The van der Waals surface area contributed by atoms with Gasteiger partial charge in [0.15, 0.2) is 0 Å². The monoisotopic (exact) mass is 305 g/mol. The first-order valence-corrected chi connectivity index (χ1v) is 7.57. The number of carboxylic acid groups (broad SMARTS) is 1. The number of carbonyl (C=O) groups excluding carboxylic acids is 1. The van der Waals surface area contributed by atoms with Crippen LogP contribution in [0.4, 0.5) is 0 Å². The fourth-order valence-electron chi connectivity index (χ4n) is 2.92. The fraction of sp³-hybridized carbons (Fsp3) is 0.529. The maximum absolute atomic E-state index is 12.2. The lowest BCUT2D eigenvalue weighted by Gasteiger charge is -2.17. The average Bonchev–Trinajstić information content (AvgIpc) is 2.92. The molecule has 1 fully saturated rings. The summed E-state index contributed by atoms with van der Waals surface area (Å²) in [6.07, 6.45) is 0.460. The van der Waals surface area contributed by atoms with Crippen LogP contribution < -0.4 is 4.74 Å². The summed E-state index contributed by atoms with van der Waals surface area (Å²) in [4.78, 5) is 25.4. The van der Waals surface area contributed by atoms with Gasteiger partial charge in [-0.3, -0.25) is 9.59 Å². The molecule has 0 saturated carbocycles. The zero-order valence-electron chi connectivity index (χ0n) is 13.3. The van der Waals surface area contributed by atoms with E-state index in [1.54, 1.807) is 12.0 Å². The third-order valence-electron chi connectivity index (χ3n) is 4.12. The van der Waals surface area contributed by atoms with Gasteiger partial charge in [-0.15, -0.1) is 0 Å². The number of hydrogen-bond donors (Lipinski definition) is 1. The molecule has 0 bridgehead atoms. The molecule has 0 unspecified atom stereocenters. The van der Waals surface area contributed by atoms with E-state index in [2.05, 4.69) is 0 Å². The number of aliphatic carboxylic acids is 1. The van der Waals surface area contributed by atoms with Crippen LogP contribution in [0.25, 0.3) is 0 Å². The smallest absolute Gasteiger partial charge is 0.308 e. The number of hydrogen-bond acceptors (Lipinski definition) is 3. The van der Waals surface area contributed by atoms with Gasteiger partial charge in [0, 0.05) is 25.4 Å². The Balaban J connectivity index is 2.17. The van der Waals surface area contributed by atoms with E-state index >= 15 is 0 Å². The molecule has 1 aliphatic heterocycles. The van der Waals surface area contributed by atoms with E-state index in [0.717, 1.165) is 11.3 Å². The number of benzene rings is 1. The lowest BCUT2D eigenvalue weighted by molar-refractivity contribution is -0.141. The SMILES string of the molecule is COc1ccc([C@@H]2CN(C(=O)CC(C)C)C[C@H]2C(=O)O)cc1. The topological polar surface area (TPSA) is 66.8 Å². The minimum Gasteiger partial charge on any atom is -0.497 e. The van der Waals surface area contributed by atoms with E-state index in [-0.39, 0.29) is 24.3 Å². The number of methoxy groups -OCH3 is 1. The van der Waals surface area contributed by atoms with Crippen molar-refractivity contribution in [1.82, 2.24) is 4.90 Å². The summed E-state index contributed by atoms with van der Waals surface area (Å²) in [7, 11) is 1.59. The molecule has 1 heterocycles. The standard InChI is InChI=1S/C17H23NO4/c1-11(2)8-16(19)18-9-14(15(10-18)17(20)21)12-4-6-13(22-3)7-5-12/h4-7,11,14-15H,8-10H2,1-3H3,(H,20,21)/t14-,15+/m0/s1. The summed E-state index contributed by atoms with van der Waals surface area (Å²) in [6, 6.07) is 7.42. The lowest BCUT2D eigenvalue weighted by Crippen LogP contribution is -2.30. The molecule has 2 atom stereocenters. The normalized spacial score (nSPS) is 21.2. The Morgan fingerprint density at radius 3 is 2.41 bits per heavy atom. The largest absolute Gasteiger partial charge is 0.497 e. The molecule has 1 saturated heterocycles. The van der Waals surface area contributed by atoms with Crippen LogP contribution in [-0.2, 0) is 9.59 Å². The van der Waals surface area contributed by atoms with Crippen molar-refractivity contribution in [2.24, 2.45) is 11.8 Å². The zero-order chi connectivity index (χ0) is 16.3. The highest BCUT2D eigenvalue weighted by molar-refractivity contribution is 5.79. The number of amides is 1. The molecular formula is C17H23NO4. The Morgan fingerprint density at radius 1 is 1.27 bits per heavy atom. The van der Waals surface area contributed by atoms with Crippen LogP contribution in [0.5, 0.6) is 5.75 Å². The number of likely N-dealkylation sites (tertiary alicyclic amines) is 1. The molecule has 0 spiro atoms. The lowest BCUT2D eigenvalue weighted by atomic mass is 9.89. The molecule has 0 aromatic heterocycles. The number of ether oxygens (including phenoxy) is 1. The number of rotatable bonds is 5. The van der Waals surface area contributed by atoms with Gasteiger partial charge in [0.2, 0.25) is 5.91 Å². The number of nitrogens with zero attached hydrogens (tertiary/aromatic N) is 1. The van der Waals surface area contributed by atoms with Crippen molar-refractivity contribution in [3.8, 4) is 5.75 Å². The van der Waals surface area contributed by atoms with Gasteiger partial charge in [0.1, 0.15) is 5.75 Å². The highest BCUT2D eigenvalue weighted by Crippen LogP contribution is 2.34. The van der Waals surface area contributed by atoms with Gasteiger partial charge >= 0.3 is 5.97 Å². The quantitative estimate of drug-likeness (QED) is 0.907. The predicted molar refractivity (Wildman–Crippen MR) is 82.9 cm³/mol. The van der Waals surface area contributed by atoms with Crippen molar-refractivity contribution in [2.75, 3.05) is 20.2 Å². The van der Waals surface area contributed by atoms with Crippen LogP contribution in [0.1, 0.15) is 31.7 Å². The van der Waals surface area contributed by atoms with Crippen LogP contribution in [0.3, 0.4) is 0 Å². The van der Waals surface area contributed by atoms with Gasteiger partial charge in [-0.25, -0.2) is 0 Å². The van der Waals surface area contributed by atoms with Crippen LogP contribution in [0, 0.1) is 11.8 Å². The Labute approximate surface area is 130 Å². The number of carbonyl (C=O) groups is 2. The Morgan fingerprint density at radius 2 is 1.91 bits per heavy atom. The first-order chi connectivity index (χ1) is 10.4.